The van der Waals surface area contributed by atoms with Crippen LogP contribution in [-0.4, -0.2) is 90.8 Å². The minimum Gasteiger partial charge on any atom is -0.391 e. The normalized spacial score (nSPS) is 26.0. The van der Waals surface area contributed by atoms with Crippen LogP contribution < -0.4 is 5.32 Å². The summed E-state index contributed by atoms with van der Waals surface area (Å²) in [6.45, 7) is 13.1. The van der Waals surface area contributed by atoms with Crippen LogP contribution in [0.15, 0.2) is 0 Å². The zero-order valence-electron chi connectivity index (χ0n) is 14.1. The fraction of sp³-hybridized carbons (Fsp3) is 0.938. The molecule has 22 heavy (non-hydrogen) atoms. The van der Waals surface area contributed by atoms with E-state index in [4.69, 9.17) is 0 Å². The Bertz CT molecular complexity index is 345. The lowest BCUT2D eigenvalue weighted by Gasteiger charge is -2.35. The fourth-order valence-corrected chi connectivity index (χ4v) is 3.31. The second-order valence-electron chi connectivity index (χ2n) is 6.77. The van der Waals surface area contributed by atoms with E-state index in [0.717, 1.165) is 58.7 Å². The van der Waals surface area contributed by atoms with Gasteiger partial charge >= 0.3 is 6.03 Å². The predicted molar refractivity (Wildman–Crippen MR) is 87.9 cm³/mol. The zero-order chi connectivity index (χ0) is 15.9. The lowest BCUT2D eigenvalue weighted by atomic mass is 10.1. The Hall–Kier alpha value is -0.850. The number of amides is 2. The van der Waals surface area contributed by atoms with Crippen molar-refractivity contribution >= 4 is 6.03 Å². The van der Waals surface area contributed by atoms with Crippen molar-refractivity contribution in [3.63, 3.8) is 0 Å². The molecule has 0 aromatic carbocycles. The highest BCUT2D eigenvalue weighted by molar-refractivity contribution is 5.74. The maximum Gasteiger partial charge on any atom is 0.317 e. The smallest absolute Gasteiger partial charge is 0.317 e. The SMILES string of the molecule is CCN1CCN(CC(C)CNC(=O)N2CCCC(O)C2)CC1. The summed E-state index contributed by atoms with van der Waals surface area (Å²) in [5.74, 6) is 0.451. The lowest BCUT2D eigenvalue weighted by Crippen LogP contribution is -2.50. The number of piperazine rings is 1. The maximum absolute atomic E-state index is 12.1. The first kappa shape index (κ1) is 17.5. The van der Waals surface area contributed by atoms with E-state index in [1.807, 2.05) is 0 Å². The Morgan fingerprint density at radius 2 is 1.91 bits per heavy atom. The van der Waals surface area contributed by atoms with Crippen LogP contribution in [0, 0.1) is 5.92 Å². The molecule has 0 saturated carbocycles. The maximum atomic E-state index is 12.1. The van der Waals surface area contributed by atoms with Crippen LogP contribution in [0.4, 0.5) is 4.79 Å². The van der Waals surface area contributed by atoms with E-state index in [1.54, 1.807) is 4.90 Å². The van der Waals surface area contributed by atoms with Crippen molar-refractivity contribution in [1.29, 1.82) is 0 Å². The number of nitrogens with one attached hydrogen (secondary N) is 1. The fourth-order valence-electron chi connectivity index (χ4n) is 3.31. The number of aliphatic hydroxyl groups is 1. The summed E-state index contributed by atoms with van der Waals surface area (Å²) >= 11 is 0. The Morgan fingerprint density at radius 1 is 1.23 bits per heavy atom. The van der Waals surface area contributed by atoms with Crippen molar-refractivity contribution in [2.45, 2.75) is 32.8 Å². The van der Waals surface area contributed by atoms with Crippen LogP contribution in [0.1, 0.15) is 26.7 Å². The van der Waals surface area contributed by atoms with Crippen LogP contribution in [0.5, 0.6) is 0 Å². The number of hydrogen-bond acceptors (Lipinski definition) is 4. The average Bonchev–Trinajstić information content (AvgIpc) is 2.53. The molecule has 0 spiro atoms. The molecule has 2 aliphatic rings. The Kier molecular flexibility index (Phi) is 6.92. The Balaban J connectivity index is 1.63. The zero-order valence-corrected chi connectivity index (χ0v) is 14.1. The van der Waals surface area contributed by atoms with Gasteiger partial charge in [-0.3, -0.25) is 0 Å². The van der Waals surface area contributed by atoms with Gasteiger partial charge in [-0.15, -0.1) is 0 Å². The summed E-state index contributed by atoms with van der Waals surface area (Å²) in [6, 6.07) is -0.0265. The summed E-state index contributed by atoms with van der Waals surface area (Å²) < 4.78 is 0. The van der Waals surface area contributed by atoms with Gasteiger partial charge in [0.1, 0.15) is 0 Å². The number of likely N-dealkylation sites (tertiary alicyclic amines) is 1. The van der Waals surface area contributed by atoms with Crippen molar-refractivity contribution in [3.8, 4) is 0 Å². The lowest BCUT2D eigenvalue weighted by molar-refractivity contribution is 0.0834. The molecule has 2 heterocycles. The average molecular weight is 312 g/mol. The van der Waals surface area contributed by atoms with Gasteiger partial charge in [-0.25, -0.2) is 4.79 Å². The second-order valence-corrected chi connectivity index (χ2v) is 6.77. The summed E-state index contributed by atoms with van der Waals surface area (Å²) in [6.07, 6.45) is 1.35. The van der Waals surface area contributed by atoms with Crippen molar-refractivity contribution in [1.82, 2.24) is 20.0 Å². The summed E-state index contributed by atoms with van der Waals surface area (Å²) in [7, 11) is 0. The summed E-state index contributed by atoms with van der Waals surface area (Å²) in [5, 5.41) is 12.7. The number of nitrogens with zero attached hydrogens (tertiary/aromatic N) is 3. The molecule has 0 aromatic heterocycles. The third kappa shape index (κ3) is 5.41. The highest BCUT2D eigenvalue weighted by Gasteiger charge is 2.22. The molecule has 2 aliphatic heterocycles. The number of β-amino-alcohol motifs (C(OH)–C–C–N with tert-alkyl or cyclic N) is 1. The van der Waals surface area contributed by atoms with Crippen molar-refractivity contribution in [3.05, 3.63) is 0 Å². The third-order valence-electron chi connectivity index (χ3n) is 4.77. The molecular formula is C16H32N4O2. The Labute approximate surface area is 134 Å². The third-order valence-corrected chi connectivity index (χ3v) is 4.77. The molecule has 2 saturated heterocycles. The first-order chi connectivity index (χ1) is 10.6. The molecule has 0 aliphatic carbocycles. The largest absolute Gasteiger partial charge is 0.391 e. The van der Waals surface area contributed by atoms with E-state index >= 15 is 0 Å². The number of rotatable bonds is 5. The van der Waals surface area contributed by atoms with Crippen molar-refractivity contribution in [2.24, 2.45) is 5.92 Å². The summed E-state index contributed by atoms with van der Waals surface area (Å²) in [4.78, 5) is 18.8. The monoisotopic (exact) mass is 312 g/mol. The second kappa shape index (κ2) is 8.70. The van der Waals surface area contributed by atoms with Crippen LogP contribution >= 0.6 is 0 Å². The number of carbonyl (C=O) groups excluding carboxylic acids is 1. The molecule has 0 radical (unpaired) electrons. The first-order valence-electron chi connectivity index (χ1n) is 8.74. The first-order valence-corrected chi connectivity index (χ1v) is 8.74. The number of likely N-dealkylation sites (N-methyl/N-ethyl adjacent to an activating group) is 1. The molecule has 6 nitrogen and oxygen atoms in total. The number of aliphatic hydroxyl groups excluding tert-OH is 1. The van der Waals surface area contributed by atoms with Gasteiger partial charge in [0, 0.05) is 52.4 Å². The van der Waals surface area contributed by atoms with Crippen LogP contribution in [0.25, 0.3) is 0 Å². The molecule has 0 bridgehead atoms. The quantitative estimate of drug-likeness (QED) is 0.773. The number of urea groups is 1. The van der Waals surface area contributed by atoms with Crippen LogP contribution in [-0.2, 0) is 0 Å². The van der Waals surface area contributed by atoms with Crippen LogP contribution in [0.3, 0.4) is 0 Å². The minimum absolute atomic E-state index is 0.0265. The van der Waals surface area contributed by atoms with E-state index in [2.05, 4.69) is 29.0 Å². The number of carbonyl (C=O) groups is 1. The van der Waals surface area contributed by atoms with Crippen molar-refractivity contribution < 1.29 is 9.90 Å². The van der Waals surface area contributed by atoms with E-state index in [-0.39, 0.29) is 12.1 Å². The molecule has 2 unspecified atom stereocenters. The van der Waals surface area contributed by atoms with Gasteiger partial charge in [0.15, 0.2) is 0 Å². The molecule has 2 atom stereocenters. The number of hydrogen-bond donors (Lipinski definition) is 2. The van der Waals surface area contributed by atoms with Gasteiger partial charge in [0.05, 0.1) is 6.10 Å². The van der Waals surface area contributed by atoms with Gasteiger partial charge in [-0.1, -0.05) is 13.8 Å². The summed E-state index contributed by atoms with van der Waals surface area (Å²) in [5.41, 5.74) is 0. The molecule has 128 valence electrons. The van der Waals surface area contributed by atoms with Gasteiger partial charge < -0.3 is 25.1 Å². The standard InChI is InChI=1S/C16H32N4O2/c1-3-18-7-9-19(10-8-18)12-14(2)11-17-16(22)20-6-4-5-15(21)13-20/h14-15,21H,3-13H2,1-2H3,(H,17,22). The minimum atomic E-state index is -0.355. The van der Waals surface area contributed by atoms with Crippen molar-refractivity contribution in [2.75, 3.05) is 58.9 Å². The predicted octanol–water partition coefficient (Wildman–Crippen LogP) is 0.426. The van der Waals surface area contributed by atoms with Crippen LogP contribution in [0.2, 0.25) is 0 Å². The highest BCUT2D eigenvalue weighted by Crippen LogP contribution is 2.10. The topological polar surface area (TPSA) is 59.0 Å². The van der Waals surface area contributed by atoms with E-state index in [1.165, 1.54) is 0 Å². The van der Waals surface area contributed by atoms with E-state index < -0.39 is 0 Å². The van der Waals surface area contributed by atoms with Gasteiger partial charge in [0.25, 0.3) is 0 Å². The molecule has 6 heteroatoms. The highest BCUT2D eigenvalue weighted by atomic mass is 16.3. The number of piperidine rings is 1. The Morgan fingerprint density at radius 3 is 2.55 bits per heavy atom. The van der Waals surface area contributed by atoms with Gasteiger partial charge in [-0.2, -0.15) is 0 Å². The molecular weight excluding hydrogens is 280 g/mol. The molecule has 2 fully saturated rings. The van der Waals surface area contributed by atoms with Gasteiger partial charge in [-0.05, 0) is 25.3 Å². The molecule has 2 N–H and O–H groups in total. The van der Waals surface area contributed by atoms with E-state index in [9.17, 15) is 9.90 Å². The molecule has 2 rings (SSSR count). The molecule has 2 amide bonds. The molecule has 0 aromatic rings. The van der Waals surface area contributed by atoms with Gasteiger partial charge in [0.2, 0.25) is 0 Å². The van der Waals surface area contributed by atoms with E-state index in [0.29, 0.717) is 19.0 Å².